The maximum atomic E-state index is 6.05. The van der Waals surface area contributed by atoms with Crippen molar-refractivity contribution < 1.29 is 0 Å². The molecule has 1 aliphatic carbocycles. The Morgan fingerprint density at radius 1 is 1.29 bits per heavy atom. The normalized spacial score (nSPS) is 14.9. The van der Waals surface area contributed by atoms with E-state index in [0.717, 1.165) is 22.6 Å². The van der Waals surface area contributed by atoms with Gasteiger partial charge in [0.15, 0.2) is 0 Å². The Morgan fingerprint density at radius 3 is 2.82 bits per heavy atom. The number of halogens is 1. The third-order valence-corrected chi connectivity index (χ3v) is 3.16. The molecule has 2 heterocycles. The highest BCUT2D eigenvalue weighted by molar-refractivity contribution is 6.29. The van der Waals surface area contributed by atoms with E-state index in [2.05, 4.69) is 15.0 Å². The number of rotatable bonds is 2. The summed E-state index contributed by atoms with van der Waals surface area (Å²) in [5.74, 6) is 1.38. The van der Waals surface area contributed by atoms with Crippen LogP contribution in [0.2, 0.25) is 5.15 Å². The van der Waals surface area contributed by atoms with E-state index >= 15 is 0 Å². The first-order valence-electron chi connectivity index (χ1n) is 5.69. The number of hydrogen-bond acceptors (Lipinski definition) is 3. The summed E-state index contributed by atoms with van der Waals surface area (Å²) in [6.45, 7) is 2.05. The van der Waals surface area contributed by atoms with Gasteiger partial charge in [0.1, 0.15) is 11.0 Å². The smallest absolute Gasteiger partial charge is 0.133 e. The van der Waals surface area contributed by atoms with Gasteiger partial charge in [-0.15, -0.1) is 0 Å². The minimum atomic E-state index is 0.504. The standard InChI is InChI=1S/C13H12ClN3/c1-8-4-5-15-7-10(8)11-6-12(14)17-13(16-11)9-2-3-9/h4-7,9H,2-3H2,1H3. The van der Waals surface area contributed by atoms with Crippen molar-refractivity contribution in [3.63, 3.8) is 0 Å². The molecule has 1 aliphatic rings. The topological polar surface area (TPSA) is 38.7 Å². The molecule has 0 bridgehead atoms. The molecule has 0 saturated heterocycles. The number of aromatic nitrogens is 3. The highest BCUT2D eigenvalue weighted by atomic mass is 35.5. The Morgan fingerprint density at radius 2 is 2.12 bits per heavy atom. The number of nitrogens with zero attached hydrogens (tertiary/aromatic N) is 3. The SMILES string of the molecule is Cc1ccncc1-c1cc(Cl)nc(C2CC2)n1. The summed E-state index contributed by atoms with van der Waals surface area (Å²) >= 11 is 6.05. The van der Waals surface area contributed by atoms with Gasteiger partial charge in [-0.05, 0) is 31.4 Å². The van der Waals surface area contributed by atoms with Crippen LogP contribution in [-0.2, 0) is 0 Å². The fourth-order valence-electron chi connectivity index (χ4n) is 1.83. The van der Waals surface area contributed by atoms with Gasteiger partial charge in [-0.2, -0.15) is 0 Å². The van der Waals surface area contributed by atoms with Crippen molar-refractivity contribution in [2.45, 2.75) is 25.7 Å². The van der Waals surface area contributed by atoms with Crippen LogP contribution in [0.15, 0.2) is 24.5 Å². The van der Waals surface area contributed by atoms with Crippen LogP contribution in [0.25, 0.3) is 11.3 Å². The predicted octanol–water partition coefficient (Wildman–Crippen LogP) is 3.38. The van der Waals surface area contributed by atoms with Crippen LogP contribution in [0, 0.1) is 6.92 Å². The summed E-state index contributed by atoms with van der Waals surface area (Å²) in [7, 11) is 0. The number of hydrogen-bond donors (Lipinski definition) is 0. The molecule has 2 aromatic heterocycles. The molecular formula is C13H12ClN3. The van der Waals surface area contributed by atoms with E-state index in [0.29, 0.717) is 11.1 Å². The first-order chi connectivity index (χ1) is 8.24. The Bertz CT molecular complexity index is 564. The molecule has 2 aromatic rings. The summed E-state index contributed by atoms with van der Waals surface area (Å²) in [6.07, 6.45) is 5.95. The number of pyridine rings is 1. The molecule has 4 heteroatoms. The Kier molecular flexibility index (Phi) is 2.56. The highest BCUT2D eigenvalue weighted by Gasteiger charge is 2.27. The van der Waals surface area contributed by atoms with Gasteiger partial charge < -0.3 is 0 Å². The van der Waals surface area contributed by atoms with E-state index in [1.54, 1.807) is 12.3 Å². The van der Waals surface area contributed by atoms with E-state index in [-0.39, 0.29) is 0 Å². The maximum Gasteiger partial charge on any atom is 0.133 e. The van der Waals surface area contributed by atoms with Crippen molar-refractivity contribution in [1.82, 2.24) is 15.0 Å². The zero-order valence-corrected chi connectivity index (χ0v) is 10.3. The fourth-order valence-corrected chi connectivity index (χ4v) is 2.02. The molecule has 3 nitrogen and oxygen atoms in total. The predicted molar refractivity (Wildman–Crippen MR) is 67.0 cm³/mol. The molecular weight excluding hydrogens is 234 g/mol. The van der Waals surface area contributed by atoms with E-state index in [1.807, 2.05) is 19.2 Å². The second kappa shape index (κ2) is 4.08. The van der Waals surface area contributed by atoms with Crippen LogP contribution in [0.1, 0.15) is 30.1 Å². The molecule has 1 fully saturated rings. The fraction of sp³-hybridized carbons (Fsp3) is 0.308. The van der Waals surface area contributed by atoms with E-state index < -0.39 is 0 Å². The van der Waals surface area contributed by atoms with Gasteiger partial charge in [0.25, 0.3) is 0 Å². The quantitative estimate of drug-likeness (QED) is 0.762. The van der Waals surface area contributed by atoms with Crippen molar-refractivity contribution in [3.8, 4) is 11.3 Å². The monoisotopic (exact) mass is 245 g/mol. The Labute approximate surface area is 105 Å². The summed E-state index contributed by atoms with van der Waals surface area (Å²) in [5.41, 5.74) is 3.05. The van der Waals surface area contributed by atoms with Gasteiger partial charge in [-0.1, -0.05) is 11.6 Å². The van der Waals surface area contributed by atoms with E-state index in [1.165, 1.54) is 12.8 Å². The first-order valence-corrected chi connectivity index (χ1v) is 6.07. The average molecular weight is 246 g/mol. The lowest BCUT2D eigenvalue weighted by Crippen LogP contribution is -1.96. The zero-order chi connectivity index (χ0) is 11.8. The van der Waals surface area contributed by atoms with Crippen LogP contribution in [0.5, 0.6) is 0 Å². The van der Waals surface area contributed by atoms with Gasteiger partial charge in [0, 0.05) is 29.9 Å². The van der Waals surface area contributed by atoms with Crippen LogP contribution < -0.4 is 0 Å². The highest BCUT2D eigenvalue weighted by Crippen LogP contribution is 2.39. The molecule has 0 amide bonds. The molecule has 0 N–H and O–H groups in total. The van der Waals surface area contributed by atoms with Gasteiger partial charge in [0.2, 0.25) is 0 Å². The third kappa shape index (κ3) is 2.15. The van der Waals surface area contributed by atoms with Crippen LogP contribution in [0.4, 0.5) is 0 Å². The van der Waals surface area contributed by atoms with E-state index in [9.17, 15) is 0 Å². The van der Waals surface area contributed by atoms with Crippen molar-refractivity contribution in [2.75, 3.05) is 0 Å². The van der Waals surface area contributed by atoms with Gasteiger partial charge in [0.05, 0.1) is 5.69 Å². The molecule has 0 aliphatic heterocycles. The lowest BCUT2D eigenvalue weighted by molar-refractivity contribution is 0.930. The lowest BCUT2D eigenvalue weighted by Gasteiger charge is -2.06. The average Bonchev–Trinajstić information content (AvgIpc) is 3.12. The molecule has 0 aromatic carbocycles. The van der Waals surface area contributed by atoms with Crippen molar-refractivity contribution >= 4 is 11.6 Å². The molecule has 0 atom stereocenters. The van der Waals surface area contributed by atoms with Crippen LogP contribution in [-0.4, -0.2) is 15.0 Å². The summed E-state index contributed by atoms with van der Waals surface area (Å²) in [4.78, 5) is 13.0. The third-order valence-electron chi connectivity index (χ3n) is 2.97. The second-order valence-corrected chi connectivity index (χ2v) is 4.79. The van der Waals surface area contributed by atoms with Crippen molar-refractivity contribution in [2.24, 2.45) is 0 Å². The zero-order valence-electron chi connectivity index (χ0n) is 9.52. The molecule has 17 heavy (non-hydrogen) atoms. The van der Waals surface area contributed by atoms with Gasteiger partial charge in [-0.25, -0.2) is 9.97 Å². The van der Waals surface area contributed by atoms with Crippen molar-refractivity contribution in [1.29, 1.82) is 0 Å². The Hall–Kier alpha value is -1.48. The Balaban J connectivity index is 2.11. The minimum Gasteiger partial charge on any atom is -0.264 e. The summed E-state index contributed by atoms with van der Waals surface area (Å²) in [5, 5.41) is 0.514. The van der Waals surface area contributed by atoms with Gasteiger partial charge in [-0.3, -0.25) is 4.98 Å². The molecule has 0 spiro atoms. The largest absolute Gasteiger partial charge is 0.264 e. The van der Waals surface area contributed by atoms with Gasteiger partial charge >= 0.3 is 0 Å². The molecule has 3 rings (SSSR count). The molecule has 0 radical (unpaired) electrons. The summed E-state index contributed by atoms with van der Waals surface area (Å²) < 4.78 is 0. The van der Waals surface area contributed by atoms with Crippen molar-refractivity contribution in [3.05, 3.63) is 41.1 Å². The van der Waals surface area contributed by atoms with Crippen LogP contribution in [0.3, 0.4) is 0 Å². The molecule has 0 unspecified atom stereocenters. The number of aryl methyl sites for hydroxylation is 1. The minimum absolute atomic E-state index is 0.504. The second-order valence-electron chi connectivity index (χ2n) is 4.40. The lowest BCUT2D eigenvalue weighted by atomic mass is 10.1. The van der Waals surface area contributed by atoms with Crippen LogP contribution >= 0.6 is 11.6 Å². The first kappa shape index (κ1) is 10.7. The van der Waals surface area contributed by atoms with E-state index in [4.69, 9.17) is 11.6 Å². The summed E-state index contributed by atoms with van der Waals surface area (Å²) in [6, 6.07) is 3.78. The molecule has 1 saturated carbocycles. The maximum absolute atomic E-state index is 6.05. The molecule has 86 valence electrons.